The lowest BCUT2D eigenvalue weighted by Crippen LogP contribution is -2.49. The van der Waals surface area contributed by atoms with E-state index < -0.39 is 0 Å². The molecule has 4 aromatic rings. The third-order valence-corrected chi connectivity index (χ3v) is 5.80. The number of amides is 1. The summed E-state index contributed by atoms with van der Waals surface area (Å²) in [7, 11) is 0. The van der Waals surface area contributed by atoms with Gasteiger partial charge in [-0.1, -0.05) is 18.2 Å². The molecule has 0 bridgehead atoms. The summed E-state index contributed by atoms with van der Waals surface area (Å²) in [5.74, 6) is 2.46. The van der Waals surface area contributed by atoms with Crippen LogP contribution in [0.2, 0.25) is 0 Å². The van der Waals surface area contributed by atoms with Gasteiger partial charge in [0.15, 0.2) is 0 Å². The number of pyridine rings is 1. The van der Waals surface area contributed by atoms with Gasteiger partial charge in [0.2, 0.25) is 5.91 Å². The monoisotopic (exact) mass is 427 g/mol. The summed E-state index contributed by atoms with van der Waals surface area (Å²) in [6, 6.07) is 13.9. The van der Waals surface area contributed by atoms with E-state index in [1.54, 1.807) is 12.5 Å². The first-order chi connectivity index (χ1) is 15.7. The molecule has 0 saturated carbocycles. The minimum absolute atomic E-state index is 0.157. The van der Waals surface area contributed by atoms with Gasteiger partial charge in [-0.15, -0.1) is 0 Å². The first-order valence-corrected chi connectivity index (χ1v) is 10.8. The fourth-order valence-electron chi connectivity index (χ4n) is 4.06. The van der Waals surface area contributed by atoms with Crippen molar-refractivity contribution < 1.29 is 4.79 Å². The molecule has 0 spiro atoms. The number of carbonyl (C=O) groups excluding carboxylic acids is 1. The fourth-order valence-corrected chi connectivity index (χ4v) is 4.06. The van der Waals surface area contributed by atoms with Crippen LogP contribution < -0.4 is 10.2 Å². The van der Waals surface area contributed by atoms with Crippen LogP contribution in [0.25, 0.3) is 10.9 Å². The van der Waals surface area contributed by atoms with E-state index in [2.05, 4.69) is 36.2 Å². The molecule has 5 rings (SSSR count). The number of hydrogen-bond donors (Lipinski definition) is 2. The van der Waals surface area contributed by atoms with Gasteiger partial charge >= 0.3 is 0 Å². The van der Waals surface area contributed by atoms with Crippen molar-refractivity contribution in [3.8, 4) is 0 Å². The lowest BCUT2D eigenvalue weighted by molar-refractivity contribution is -0.130. The van der Waals surface area contributed by atoms with Gasteiger partial charge in [0, 0.05) is 55.5 Å². The molecule has 2 N–H and O–H groups in total. The van der Waals surface area contributed by atoms with E-state index in [0.29, 0.717) is 25.3 Å². The third-order valence-electron chi connectivity index (χ3n) is 5.80. The van der Waals surface area contributed by atoms with E-state index in [1.807, 2.05) is 54.4 Å². The summed E-state index contributed by atoms with van der Waals surface area (Å²) < 4.78 is 0. The fraction of sp³-hybridized carbons (Fsp3) is 0.250. The first-order valence-electron chi connectivity index (χ1n) is 10.8. The Hall–Kier alpha value is -3.94. The van der Waals surface area contributed by atoms with Crippen LogP contribution in [0.15, 0.2) is 61.2 Å². The highest BCUT2D eigenvalue weighted by Gasteiger charge is 2.23. The van der Waals surface area contributed by atoms with E-state index in [0.717, 1.165) is 46.8 Å². The zero-order chi connectivity index (χ0) is 21.9. The summed E-state index contributed by atoms with van der Waals surface area (Å²) in [5, 5.41) is 4.35. The van der Waals surface area contributed by atoms with E-state index in [1.165, 1.54) is 0 Å². The van der Waals surface area contributed by atoms with Crippen LogP contribution in [-0.2, 0) is 11.2 Å². The average molecular weight is 428 g/mol. The molecule has 0 atom stereocenters. The second-order valence-electron chi connectivity index (χ2n) is 8.01. The number of aryl methyl sites for hydroxylation is 1. The average Bonchev–Trinajstić information content (AvgIpc) is 3.22. The topological polar surface area (TPSA) is 90.0 Å². The quantitative estimate of drug-likeness (QED) is 0.508. The molecule has 0 radical (unpaired) electrons. The van der Waals surface area contributed by atoms with Crippen molar-refractivity contribution in [1.29, 1.82) is 0 Å². The van der Waals surface area contributed by atoms with Gasteiger partial charge < -0.3 is 20.1 Å². The van der Waals surface area contributed by atoms with Crippen molar-refractivity contribution >= 4 is 34.3 Å². The molecular formula is C24H25N7O. The molecule has 162 valence electrons. The maximum absolute atomic E-state index is 12.9. The summed E-state index contributed by atoms with van der Waals surface area (Å²) in [5.41, 5.74) is 3.24. The van der Waals surface area contributed by atoms with Crippen molar-refractivity contribution in [1.82, 2.24) is 24.8 Å². The number of para-hydroxylation sites is 1. The van der Waals surface area contributed by atoms with Gasteiger partial charge in [0.1, 0.15) is 23.8 Å². The molecule has 8 heteroatoms. The number of rotatable bonds is 5. The van der Waals surface area contributed by atoms with Crippen LogP contribution in [0, 0.1) is 6.92 Å². The van der Waals surface area contributed by atoms with Crippen LogP contribution in [0.3, 0.4) is 0 Å². The molecule has 4 heterocycles. The van der Waals surface area contributed by atoms with Crippen LogP contribution in [-0.4, -0.2) is 56.9 Å². The highest BCUT2D eigenvalue weighted by atomic mass is 16.2. The summed E-state index contributed by atoms with van der Waals surface area (Å²) in [6.07, 6.45) is 5.68. The van der Waals surface area contributed by atoms with Gasteiger partial charge in [-0.2, -0.15) is 0 Å². The molecule has 1 amide bonds. The Kier molecular flexibility index (Phi) is 5.41. The normalized spacial score (nSPS) is 14.0. The van der Waals surface area contributed by atoms with Gasteiger partial charge in [-0.05, 0) is 36.2 Å². The molecule has 1 aliphatic rings. The van der Waals surface area contributed by atoms with Crippen molar-refractivity contribution in [2.24, 2.45) is 0 Å². The van der Waals surface area contributed by atoms with Crippen LogP contribution >= 0.6 is 0 Å². The zero-order valence-electron chi connectivity index (χ0n) is 18.0. The minimum Gasteiger partial charge on any atom is -0.361 e. The van der Waals surface area contributed by atoms with Crippen molar-refractivity contribution in [3.63, 3.8) is 0 Å². The number of aromatic nitrogens is 4. The number of H-pyrrole nitrogens is 1. The van der Waals surface area contributed by atoms with Gasteiger partial charge in [0.25, 0.3) is 0 Å². The SMILES string of the molecule is Cc1ccnc(Nc2cc(N3CCN(C(=O)Cc4c[nH]c5ccccc45)CC3)ncn2)c1. The molecule has 3 aromatic heterocycles. The highest BCUT2D eigenvalue weighted by molar-refractivity contribution is 5.89. The summed E-state index contributed by atoms with van der Waals surface area (Å²) in [4.78, 5) is 33.3. The molecule has 32 heavy (non-hydrogen) atoms. The summed E-state index contributed by atoms with van der Waals surface area (Å²) >= 11 is 0. The summed E-state index contributed by atoms with van der Waals surface area (Å²) in [6.45, 7) is 4.84. The molecule has 0 unspecified atom stereocenters. The Morgan fingerprint density at radius 2 is 1.84 bits per heavy atom. The first kappa shape index (κ1) is 20.0. The Morgan fingerprint density at radius 3 is 2.69 bits per heavy atom. The van der Waals surface area contributed by atoms with E-state index in [-0.39, 0.29) is 5.91 Å². The second-order valence-corrected chi connectivity index (χ2v) is 8.01. The molecular weight excluding hydrogens is 402 g/mol. The van der Waals surface area contributed by atoms with Crippen LogP contribution in [0.1, 0.15) is 11.1 Å². The zero-order valence-corrected chi connectivity index (χ0v) is 18.0. The number of anilines is 3. The van der Waals surface area contributed by atoms with Crippen LogP contribution in [0.5, 0.6) is 0 Å². The number of piperazine rings is 1. The maximum Gasteiger partial charge on any atom is 0.227 e. The lowest BCUT2D eigenvalue weighted by Gasteiger charge is -2.35. The number of hydrogen-bond acceptors (Lipinski definition) is 6. The Bertz CT molecular complexity index is 1240. The number of nitrogens with zero attached hydrogens (tertiary/aromatic N) is 5. The number of aromatic amines is 1. The molecule has 1 aliphatic heterocycles. The van der Waals surface area contributed by atoms with Crippen molar-refractivity contribution in [3.05, 3.63) is 72.3 Å². The molecule has 0 aliphatic carbocycles. The van der Waals surface area contributed by atoms with Crippen LogP contribution in [0.4, 0.5) is 17.5 Å². The smallest absolute Gasteiger partial charge is 0.227 e. The lowest BCUT2D eigenvalue weighted by atomic mass is 10.1. The minimum atomic E-state index is 0.157. The maximum atomic E-state index is 12.9. The largest absolute Gasteiger partial charge is 0.361 e. The number of carbonyl (C=O) groups is 1. The van der Waals surface area contributed by atoms with E-state index >= 15 is 0 Å². The van der Waals surface area contributed by atoms with Gasteiger partial charge in [-0.25, -0.2) is 15.0 Å². The second kappa shape index (κ2) is 8.66. The van der Waals surface area contributed by atoms with Crippen molar-refractivity contribution in [2.75, 3.05) is 36.4 Å². The predicted octanol–water partition coefficient (Wildman–Crippen LogP) is 3.30. The van der Waals surface area contributed by atoms with Gasteiger partial charge in [-0.3, -0.25) is 4.79 Å². The Morgan fingerprint density at radius 1 is 1.03 bits per heavy atom. The predicted molar refractivity (Wildman–Crippen MR) is 125 cm³/mol. The Balaban J connectivity index is 1.20. The highest BCUT2D eigenvalue weighted by Crippen LogP contribution is 2.21. The van der Waals surface area contributed by atoms with E-state index in [4.69, 9.17) is 0 Å². The van der Waals surface area contributed by atoms with Gasteiger partial charge in [0.05, 0.1) is 6.42 Å². The number of fused-ring (bicyclic) bond motifs is 1. The number of benzene rings is 1. The molecule has 8 nitrogen and oxygen atoms in total. The standard InChI is InChI=1S/C24H25N7O/c1-17-6-7-25-21(12-17)29-22-14-23(28-16-27-22)30-8-10-31(11-9-30)24(32)13-18-15-26-20-5-3-2-4-19(18)20/h2-7,12,14-16,26H,8-11,13H2,1H3,(H,25,27,28,29). The molecule has 1 saturated heterocycles. The molecule has 1 fully saturated rings. The van der Waals surface area contributed by atoms with Crippen molar-refractivity contribution in [2.45, 2.75) is 13.3 Å². The van der Waals surface area contributed by atoms with E-state index in [9.17, 15) is 4.79 Å². The number of nitrogens with one attached hydrogen (secondary N) is 2. The molecule has 1 aromatic carbocycles. The third kappa shape index (κ3) is 4.25. The Labute approximate surface area is 186 Å².